The molecule has 1 aromatic carbocycles. The highest BCUT2D eigenvalue weighted by atomic mass is 35.5. The van der Waals surface area contributed by atoms with Gasteiger partial charge in [-0.1, -0.05) is 31.9 Å². The van der Waals surface area contributed by atoms with Gasteiger partial charge < -0.3 is 5.32 Å². The average Bonchev–Trinajstić information content (AvgIpc) is 2.90. The van der Waals surface area contributed by atoms with E-state index >= 15 is 0 Å². The number of anilines is 1. The van der Waals surface area contributed by atoms with Crippen LogP contribution in [0.4, 0.5) is 5.69 Å². The molecule has 0 fully saturated rings. The first-order valence-electron chi connectivity index (χ1n) is 6.59. The highest BCUT2D eigenvalue weighted by Gasteiger charge is 2.08. The first kappa shape index (κ1) is 13.9. The van der Waals surface area contributed by atoms with E-state index < -0.39 is 0 Å². The second-order valence-corrected chi connectivity index (χ2v) is 5.21. The van der Waals surface area contributed by atoms with Crippen molar-refractivity contribution in [2.75, 3.05) is 11.9 Å². The summed E-state index contributed by atoms with van der Waals surface area (Å²) < 4.78 is 1.74. The molecule has 0 radical (unpaired) electrons. The topological polar surface area (TPSA) is 42.7 Å². The van der Waals surface area contributed by atoms with Crippen molar-refractivity contribution in [3.8, 4) is 5.69 Å². The molecule has 4 nitrogen and oxygen atoms in total. The van der Waals surface area contributed by atoms with Crippen LogP contribution in [0.5, 0.6) is 0 Å². The maximum absolute atomic E-state index is 6.07. The molecule has 19 heavy (non-hydrogen) atoms. The van der Waals surface area contributed by atoms with E-state index in [1.807, 2.05) is 18.2 Å². The Labute approximate surface area is 118 Å². The lowest BCUT2D eigenvalue weighted by molar-refractivity contribution is 0.550. The Kier molecular flexibility index (Phi) is 4.80. The van der Waals surface area contributed by atoms with Gasteiger partial charge in [0.15, 0.2) is 0 Å². The third-order valence-corrected chi connectivity index (χ3v) is 3.28. The van der Waals surface area contributed by atoms with Crippen LogP contribution in [0.3, 0.4) is 0 Å². The summed E-state index contributed by atoms with van der Waals surface area (Å²) in [5.41, 5.74) is 1.95. The van der Waals surface area contributed by atoms with Crippen LogP contribution in [0.2, 0.25) is 5.02 Å². The summed E-state index contributed by atoms with van der Waals surface area (Å²) in [7, 11) is 0. The maximum Gasteiger partial charge on any atom is 0.138 e. The lowest BCUT2D eigenvalue weighted by Gasteiger charge is -2.15. The molecule has 1 N–H and O–H groups in total. The third-order valence-electron chi connectivity index (χ3n) is 3.05. The minimum absolute atomic E-state index is 0.632. The number of rotatable bonds is 6. The molecule has 1 unspecified atom stereocenters. The Hall–Kier alpha value is -1.55. The van der Waals surface area contributed by atoms with Gasteiger partial charge in [0.25, 0.3) is 0 Å². The smallest absolute Gasteiger partial charge is 0.138 e. The predicted octanol–water partition coefficient (Wildman–Crippen LogP) is 3.77. The van der Waals surface area contributed by atoms with Gasteiger partial charge in [-0.2, -0.15) is 5.10 Å². The van der Waals surface area contributed by atoms with Crippen LogP contribution >= 0.6 is 11.6 Å². The number of aromatic nitrogens is 3. The molecule has 0 saturated heterocycles. The highest BCUT2D eigenvalue weighted by molar-refractivity contribution is 6.31. The summed E-state index contributed by atoms with van der Waals surface area (Å²) in [6, 6.07) is 5.74. The summed E-state index contributed by atoms with van der Waals surface area (Å²) in [5.74, 6) is 0.632. The third kappa shape index (κ3) is 3.70. The molecule has 0 amide bonds. The number of nitrogens with zero attached hydrogens (tertiary/aromatic N) is 3. The van der Waals surface area contributed by atoms with Crippen LogP contribution in [0, 0.1) is 5.92 Å². The number of hydrogen-bond donors (Lipinski definition) is 1. The number of nitrogens with one attached hydrogen (secondary N) is 1. The van der Waals surface area contributed by atoms with Gasteiger partial charge in [0.2, 0.25) is 0 Å². The molecule has 5 heteroatoms. The van der Waals surface area contributed by atoms with Gasteiger partial charge in [-0.3, -0.25) is 0 Å². The molecule has 1 heterocycles. The van der Waals surface area contributed by atoms with E-state index in [4.69, 9.17) is 11.6 Å². The first-order valence-corrected chi connectivity index (χ1v) is 6.97. The van der Waals surface area contributed by atoms with Crippen molar-refractivity contribution in [2.45, 2.75) is 26.7 Å². The fraction of sp³-hybridized carbons (Fsp3) is 0.429. The summed E-state index contributed by atoms with van der Waals surface area (Å²) >= 11 is 6.07. The monoisotopic (exact) mass is 278 g/mol. The highest BCUT2D eigenvalue weighted by Crippen LogP contribution is 2.24. The zero-order valence-corrected chi connectivity index (χ0v) is 12.1. The second-order valence-electron chi connectivity index (χ2n) is 4.78. The van der Waals surface area contributed by atoms with Gasteiger partial charge in [0.05, 0.1) is 11.4 Å². The molecule has 2 aromatic rings. The largest absolute Gasteiger partial charge is 0.383 e. The van der Waals surface area contributed by atoms with E-state index in [1.54, 1.807) is 11.0 Å². The second kappa shape index (κ2) is 6.57. The summed E-state index contributed by atoms with van der Waals surface area (Å²) in [5, 5.41) is 8.33. The molecule has 0 spiro atoms. The molecular formula is C14H19ClN4. The Morgan fingerprint density at radius 1 is 1.42 bits per heavy atom. The van der Waals surface area contributed by atoms with Crippen molar-refractivity contribution < 1.29 is 0 Å². The lowest BCUT2D eigenvalue weighted by Crippen LogP contribution is -2.13. The normalized spacial score (nSPS) is 12.4. The molecular weight excluding hydrogens is 260 g/mol. The number of hydrogen-bond acceptors (Lipinski definition) is 3. The van der Waals surface area contributed by atoms with E-state index in [2.05, 4.69) is 29.2 Å². The zero-order valence-electron chi connectivity index (χ0n) is 11.3. The molecule has 0 saturated carbocycles. The number of benzene rings is 1. The first-order chi connectivity index (χ1) is 9.20. The molecule has 2 rings (SSSR count). The van der Waals surface area contributed by atoms with Crippen LogP contribution in [0.1, 0.15) is 26.7 Å². The van der Waals surface area contributed by atoms with Gasteiger partial charge in [0, 0.05) is 11.6 Å². The Bertz CT molecular complexity index is 510. The van der Waals surface area contributed by atoms with Crippen molar-refractivity contribution in [2.24, 2.45) is 5.92 Å². The van der Waals surface area contributed by atoms with E-state index in [9.17, 15) is 0 Å². The van der Waals surface area contributed by atoms with Crippen molar-refractivity contribution in [1.82, 2.24) is 14.8 Å². The Morgan fingerprint density at radius 2 is 2.26 bits per heavy atom. The molecule has 0 aliphatic heterocycles. The fourth-order valence-electron chi connectivity index (χ4n) is 2.06. The average molecular weight is 279 g/mol. The van der Waals surface area contributed by atoms with Gasteiger partial charge in [-0.25, -0.2) is 9.67 Å². The molecule has 102 valence electrons. The van der Waals surface area contributed by atoms with E-state index in [0.717, 1.165) is 22.9 Å². The van der Waals surface area contributed by atoms with Crippen LogP contribution < -0.4 is 5.32 Å². The van der Waals surface area contributed by atoms with Crippen molar-refractivity contribution in [3.63, 3.8) is 0 Å². The van der Waals surface area contributed by atoms with Crippen LogP contribution in [0.25, 0.3) is 5.69 Å². The molecule has 1 atom stereocenters. The molecule has 0 aliphatic rings. The molecule has 1 aromatic heterocycles. The quantitative estimate of drug-likeness (QED) is 0.875. The minimum atomic E-state index is 0.632. The van der Waals surface area contributed by atoms with Crippen LogP contribution in [0.15, 0.2) is 30.9 Å². The van der Waals surface area contributed by atoms with E-state index in [1.165, 1.54) is 19.2 Å². The van der Waals surface area contributed by atoms with Gasteiger partial charge in [-0.15, -0.1) is 0 Å². The predicted molar refractivity (Wildman–Crippen MR) is 78.9 cm³/mol. The summed E-state index contributed by atoms with van der Waals surface area (Å²) in [6.07, 6.45) is 5.63. The van der Waals surface area contributed by atoms with Gasteiger partial charge >= 0.3 is 0 Å². The maximum atomic E-state index is 6.07. The minimum Gasteiger partial charge on any atom is -0.383 e. The Balaban J connectivity index is 2.16. The lowest BCUT2D eigenvalue weighted by atomic mass is 10.1. The Morgan fingerprint density at radius 3 is 2.95 bits per heavy atom. The van der Waals surface area contributed by atoms with E-state index in [-0.39, 0.29) is 0 Å². The molecule has 0 bridgehead atoms. The summed E-state index contributed by atoms with van der Waals surface area (Å²) in [6.45, 7) is 5.38. The zero-order chi connectivity index (χ0) is 13.7. The standard InChI is InChI=1S/C14H19ClN4/c1-3-4-11(2)8-17-13-7-12(15)5-6-14(13)19-10-16-9-18-19/h5-7,9-11,17H,3-4,8H2,1-2H3. The molecule has 0 aliphatic carbocycles. The summed E-state index contributed by atoms with van der Waals surface area (Å²) in [4.78, 5) is 3.98. The van der Waals surface area contributed by atoms with Crippen molar-refractivity contribution in [3.05, 3.63) is 35.9 Å². The van der Waals surface area contributed by atoms with Crippen molar-refractivity contribution >= 4 is 17.3 Å². The fourth-order valence-corrected chi connectivity index (χ4v) is 2.23. The van der Waals surface area contributed by atoms with Gasteiger partial charge in [-0.05, 0) is 30.5 Å². The van der Waals surface area contributed by atoms with Crippen LogP contribution in [-0.4, -0.2) is 21.3 Å². The number of halogens is 1. The van der Waals surface area contributed by atoms with Gasteiger partial charge in [0.1, 0.15) is 12.7 Å². The SMILES string of the molecule is CCCC(C)CNc1cc(Cl)ccc1-n1cncn1. The van der Waals surface area contributed by atoms with Crippen LogP contribution in [-0.2, 0) is 0 Å². The van der Waals surface area contributed by atoms with Crippen molar-refractivity contribution in [1.29, 1.82) is 0 Å². The van der Waals surface area contributed by atoms with E-state index in [0.29, 0.717) is 5.92 Å².